The van der Waals surface area contributed by atoms with Crippen LogP contribution in [0, 0.1) is 6.92 Å². The molecule has 0 radical (unpaired) electrons. The lowest BCUT2D eigenvalue weighted by Gasteiger charge is -2.06. The molecule has 0 unspecified atom stereocenters. The van der Waals surface area contributed by atoms with Gasteiger partial charge in [0.15, 0.2) is 5.13 Å². The smallest absolute Gasteiger partial charge is 0.257 e. The Hall–Kier alpha value is -3.44. The van der Waals surface area contributed by atoms with E-state index in [1.165, 1.54) is 22.5 Å². The van der Waals surface area contributed by atoms with Gasteiger partial charge in [-0.3, -0.25) is 10.1 Å². The topological polar surface area (TPSA) is 51.2 Å². The van der Waals surface area contributed by atoms with Crippen LogP contribution >= 0.6 is 11.3 Å². The Morgan fingerprint density at radius 1 is 0.931 bits per heavy atom. The minimum absolute atomic E-state index is 0.188. The first-order valence-electron chi connectivity index (χ1n) is 9.30. The second-order valence-electron chi connectivity index (χ2n) is 6.69. The molecule has 4 rings (SSSR count). The van der Waals surface area contributed by atoms with E-state index in [-0.39, 0.29) is 5.91 Å². The molecule has 144 valence electrons. The van der Waals surface area contributed by atoms with Gasteiger partial charge in [-0.1, -0.05) is 48.0 Å². The molecule has 3 aromatic carbocycles. The molecule has 0 aliphatic carbocycles. The first kappa shape index (κ1) is 18.9. The largest absolute Gasteiger partial charge is 0.457 e. The zero-order valence-corrected chi connectivity index (χ0v) is 16.8. The number of nitrogens with one attached hydrogen (secondary N) is 1. The molecule has 5 heteroatoms. The van der Waals surface area contributed by atoms with Crippen molar-refractivity contribution in [2.24, 2.45) is 0 Å². The summed E-state index contributed by atoms with van der Waals surface area (Å²) in [5, 5.41) is 3.47. The number of para-hydroxylation sites is 1. The average Bonchev–Trinajstić information content (AvgIpc) is 3.18. The van der Waals surface area contributed by atoms with Gasteiger partial charge in [0.25, 0.3) is 5.91 Å². The van der Waals surface area contributed by atoms with Crippen LogP contribution in [-0.2, 0) is 6.42 Å². The van der Waals surface area contributed by atoms with Crippen LogP contribution in [0.4, 0.5) is 5.13 Å². The van der Waals surface area contributed by atoms with Gasteiger partial charge >= 0.3 is 0 Å². The van der Waals surface area contributed by atoms with Gasteiger partial charge in [0.05, 0.1) is 0 Å². The number of hydrogen-bond donors (Lipinski definition) is 1. The molecular weight excluding hydrogens is 380 g/mol. The maximum atomic E-state index is 12.5. The summed E-state index contributed by atoms with van der Waals surface area (Å²) in [5.74, 6) is 1.25. The quantitative estimate of drug-likeness (QED) is 0.426. The number of carbonyl (C=O) groups is 1. The van der Waals surface area contributed by atoms with E-state index >= 15 is 0 Å². The van der Waals surface area contributed by atoms with E-state index in [1.54, 1.807) is 24.3 Å². The summed E-state index contributed by atoms with van der Waals surface area (Å²) < 4.78 is 5.76. The average molecular weight is 401 g/mol. The molecule has 0 fully saturated rings. The third kappa shape index (κ3) is 5.09. The van der Waals surface area contributed by atoms with E-state index in [2.05, 4.69) is 41.5 Å². The normalized spacial score (nSPS) is 10.5. The first-order valence-corrected chi connectivity index (χ1v) is 10.1. The summed E-state index contributed by atoms with van der Waals surface area (Å²) in [7, 11) is 0. The second-order valence-corrected chi connectivity index (χ2v) is 7.80. The minimum atomic E-state index is -0.188. The summed E-state index contributed by atoms with van der Waals surface area (Å²) in [6.07, 6.45) is 2.62. The molecule has 4 aromatic rings. The number of benzene rings is 3. The Morgan fingerprint density at radius 2 is 1.62 bits per heavy atom. The summed E-state index contributed by atoms with van der Waals surface area (Å²) in [6.45, 7) is 2.07. The lowest BCUT2D eigenvalue weighted by Crippen LogP contribution is -2.11. The van der Waals surface area contributed by atoms with E-state index in [4.69, 9.17) is 4.74 Å². The van der Waals surface area contributed by atoms with Crippen LogP contribution in [0.1, 0.15) is 26.4 Å². The van der Waals surface area contributed by atoms with Crippen molar-refractivity contribution in [2.45, 2.75) is 13.3 Å². The monoisotopic (exact) mass is 400 g/mol. The van der Waals surface area contributed by atoms with Crippen molar-refractivity contribution in [3.05, 3.63) is 107 Å². The third-order valence-corrected chi connectivity index (χ3v) is 5.28. The summed E-state index contributed by atoms with van der Waals surface area (Å²) >= 11 is 1.49. The van der Waals surface area contributed by atoms with Gasteiger partial charge in [-0.15, -0.1) is 11.3 Å². The van der Waals surface area contributed by atoms with Crippen LogP contribution in [0.2, 0.25) is 0 Å². The highest BCUT2D eigenvalue weighted by molar-refractivity contribution is 7.15. The molecule has 0 bridgehead atoms. The molecule has 1 heterocycles. The fourth-order valence-corrected chi connectivity index (χ4v) is 3.66. The molecule has 1 aromatic heterocycles. The number of ether oxygens (including phenoxy) is 1. The highest BCUT2D eigenvalue weighted by atomic mass is 32.1. The van der Waals surface area contributed by atoms with Gasteiger partial charge in [0.1, 0.15) is 11.5 Å². The summed E-state index contributed by atoms with van der Waals surface area (Å²) in [4.78, 5) is 17.9. The first-order chi connectivity index (χ1) is 14.2. The number of amides is 1. The van der Waals surface area contributed by atoms with Crippen molar-refractivity contribution in [3.8, 4) is 11.5 Å². The molecule has 0 aliphatic heterocycles. The number of hydrogen-bond acceptors (Lipinski definition) is 4. The molecule has 0 saturated carbocycles. The Morgan fingerprint density at radius 3 is 2.34 bits per heavy atom. The number of aromatic nitrogens is 1. The molecule has 0 aliphatic rings. The predicted octanol–water partition coefficient (Wildman–Crippen LogP) is 6.09. The highest BCUT2D eigenvalue weighted by Crippen LogP contribution is 2.24. The van der Waals surface area contributed by atoms with E-state index in [9.17, 15) is 4.79 Å². The summed E-state index contributed by atoms with van der Waals surface area (Å²) in [5.41, 5.74) is 3.03. The van der Waals surface area contributed by atoms with Crippen molar-refractivity contribution in [1.29, 1.82) is 0 Å². The third-order valence-electron chi connectivity index (χ3n) is 4.37. The molecule has 0 spiro atoms. The Balaban J connectivity index is 1.36. The minimum Gasteiger partial charge on any atom is -0.457 e. The van der Waals surface area contributed by atoms with Gasteiger partial charge < -0.3 is 4.74 Å². The van der Waals surface area contributed by atoms with E-state index < -0.39 is 0 Å². The molecule has 29 heavy (non-hydrogen) atoms. The van der Waals surface area contributed by atoms with Crippen LogP contribution in [-0.4, -0.2) is 10.9 Å². The van der Waals surface area contributed by atoms with Crippen molar-refractivity contribution >= 4 is 22.4 Å². The predicted molar refractivity (Wildman–Crippen MR) is 117 cm³/mol. The van der Waals surface area contributed by atoms with Crippen LogP contribution in [0.3, 0.4) is 0 Å². The van der Waals surface area contributed by atoms with Crippen molar-refractivity contribution in [2.75, 3.05) is 5.32 Å². The maximum absolute atomic E-state index is 12.5. The van der Waals surface area contributed by atoms with Crippen molar-refractivity contribution in [3.63, 3.8) is 0 Å². The highest BCUT2D eigenvalue weighted by Gasteiger charge is 2.10. The number of nitrogens with zero attached hydrogens (tertiary/aromatic N) is 1. The van der Waals surface area contributed by atoms with E-state index in [0.717, 1.165) is 17.0 Å². The Bertz CT molecular complexity index is 1090. The Labute approximate surface area is 173 Å². The lowest BCUT2D eigenvalue weighted by atomic mass is 10.1. The van der Waals surface area contributed by atoms with E-state index in [0.29, 0.717) is 16.4 Å². The fraction of sp³-hybridized carbons (Fsp3) is 0.0833. The van der Waals surface area contributed by atoms with E-state index in [1.807, 2.05) is 36.5 Å². The number of rotatable bonds is 6. The van der Waals surface area contributed by atoms with Gasteiger partial charge in [-0.25, -0.2) is 4.98 Å². The van der Waals surface area contributed by atoms with Crippen LogP contribution in [0.5, 0.6) is 11.5 Å². The molecular formula is C24H20N2O2S. The molecule has 0 atom stereocenters. The standard InChI is InChI=1S/C24H20N2O2S/c1-17-7-9-18(10-8-17)15-22-16-25-24(29-22)26-23(27)19-11-13-21(14-12-19)28-20-5-3-2-4-6-20/h2-14,16H,15H2,1H3,(H,25,26,27). The maximum Gasteiger partial charge on any atom is 0.257 e. The zero-order chi connectivity index (χ0) is 20.1. The SMILES string of the molecule is Cc1ccc(Cc2cnc(NC(=O)c3ccc(Oc4ccccc4)cc3)s2)cc1. The van der Waals surface area contributed by atoms with Crippen LogP contribution < -0.4 is 10.1 Å². The van der Waals surface area contributed by atoms with Gasteiger partial charge in [0.2, 0.25) is 0 Å². The molecule has 0 saturated heterocycles. The lowest BCUT2D eigenvalue weighted by molar-refractivity contribution is 0.102. The summed E-state index contributed by atoms with van der Waals surface area (Å²) in [6, 6.07) is 25.0. The number of aryl methyl sites for hydroxylation is 1. The zero-order valence-electron chi connectivity index (χ0n) is 16.0. The fourth-order valence-electron chi connectivity index (χ4n) is 2.82. The Kier molecular flexibility index (Phi) is 5.68. The number of carbonyl (C=O) groups excluding carboxylic acids is 1. The van der Waals surface area contributed by atoms with Gasteiger partial charge in [0, 0.05) is 23.1 Å². The second kappa shape index (κ2) is 8.71. The molecule has 4 nitrogen and oxygen atoms in total. The van der Waals surface area contributed by atoms with Crippen molar-refractivity contribution < 1.29 is 9.53 Å². The van der Waals surface area contributed by atoms with Crippen LogP contribution in [0.15, 0.2) is 85.1 Å². The number of anilines is 1. The molecule has 1 N–H and O–H groups in total. The van der Waals surface area contributed by atoms with Gasteiger partial charge in [-0.05, 0) is 48.9 Å². The van der Waals surface area contributed by atoms with Crippen LogP contribution in [0.25, 0.3) is 0 Å². The van der Waals surface area contributed by atoms with Crippen molar-refractivity contribution in [1.82, 2.24) is 4.98 Å². The molecule has 1 amide bonds. The number of thiazole rings is 1. The van der Waals surface area contributed by atoms with Gasteiger partial charge in [-0.2, -0.15) is 0 Å².